The average Bonchev–Trinajstić information content (AvgIpc) is 2.87. The third-order valence-corrected chi connectivity index (χ3v) is 4.49. The summed E-state index contributed by atoms with van der Waals surface area (Å²) in [6.45, 7) is 5.03. The van der Waals surface area contributed by atoms with Crippen LogP contribution in [0, 0.1) is 0 Å². The van der Waals surface area contributed by atoms with Gasteiger partial charge in [-0.3, -0.25) is 10.00 Å². The highest BCUT2D eigenvalue weighted by Gasteiger charge is 2.25. The molecule has 21 heavy (non-hydrogen) atoms. The summed E-state index contributed by atoms with van der Waals surface area (Å²) in [5.74, 6) is 1.83. The normalized spacial score (nSPS) is 20.8. The Labute approximate surface area is 126 Å². The molecule has 1 aliphatic rings. The predicted molar refractivity (Wildman–Crippen MR) is 79.8 cm³/mol. The molecule has 1 N–H and O–H groups in total. The molecule has 2 rings (SSSR count). The van der Waals surface area contributed by atoms with Gasteiger partial charge >= 0.3 is 0 Å². The molecule has 0 amide bonds. The van der Waals surface area contributed by atoms with Crippen molar-refractivity contribution >= 4 is 9.84 Å². The number of aromatic amines is 1. The van der Waals surface area contributed by atoms with Crippen LogP contribution in [0.1, 0.15) is 37.5 Å². The van der Waals surface area contributed by atoms with Crippen LogP contribution in [0.5, 0.6) is 0 Å². The first-order valence-electron chi connectivity index (χ1n) is 7.41. The van der Waals surface area contributed by atoms with Crippen molar-refractivity contribution in [3.8, 4) is 0 Å². The third-order valence-electron chi connectivity index (χ3n) is 3.46. The number of H-pyrrole nitrogens is 1. The molecule has 8 heteroatoms. The van der Waals surface area contributed by atoms with Crippen molar-refractivity contribution in [3.63, 3.8) is 0 Å². The van der Waals surface area contributed by atoms with Gasteiger partial charge in [-0.1, -0.05) is 6.92 Å². The van der Waals surface area contributed by atoms with Gasteiger partial charge in [0.1, 0.15) is 21.8 Å². The topological polar surface area (TPSA) is 88.2 Å². The summed E-state index contributed by atoms with van der Waals surface area (Å²) in [5, 5.41) is 7.17. The van der Waals surface area contributed by atoms with E-state index in [1.807, 2.05) is 0 Å². The quantitative estimate of drug-likeness (QED) is 0.791. The van der Waals surface area contributed by atoms with E-state index in [0.29, 0.717) is 25.4 Å². The number of nitrogens with one attached hydrogen (secondary N) is 1. The van der Waals surface area contributed by atoms with Crippen LogP contribution in [0.25, 0.3) is 0 Å². The Hall–Kier alpha value is -0.990. The minimum Gasteiger partial charge on any atom is -0.367 e. The van der Waals surface area contributed by atoms with E-state index in [4.69, 9.17) is 4.74 Å². The molecule has 0 unspecified atom stereocenters. The smallest absolute Gasteiger partial charge is 0.180 e. The highest BCUT2D eigenvalue weighted by molar-refractivity contribution is 7.90. The second kappa shape index (κ2) is 7.33. The fourth-order valence-corrected chi connectivity index (χ4v) is 3.07. The van der Waals surface area contributed by atoms with Gasteiger partial charge in [-0.15, -0.1) is 0 Å². The molecule has 120 valence electrons. The maximum absolute atomic E-state index is 11.2. The SMILES string of the molecule is CCCc1nc([C@@H]2CN(CCCS(C)(=O)=O)CCO2)n[nH]1. The number of morpholine rings is 1. The van der Waals surface area contributed by atoms with Gasteiger partial charge in [-0.05, 0) is 19.4 Å². The summed E-state index contributed by atoms with van der Waals surface area (Å²) in [6.07, 6.45) is 3.72. The molecule has 1 aliphatic heterocycles. The summed E-state index contributed by atoms with van der Waals surface area (Å²) in [4.78, 5) is 6.68. The summed E-state index contributed by atoms with van der Waals surface area (Å²) in [7, 11) is -2.88. The van der Waals surface area contributed by atoms with Crippen molar-refractivity contribution < 1.29 is 13.2 Å². The zero-order valence-corrected chi connectivity index (χ0v) is 13.5. The summed E-state index contributed by atoms with van der Waals surface area (Å²) >= 11 is 0. The molecule has 0 radical (unpaired) electrons. The van der Waals surface area contributed by atoms with Crippen LogP contribution >= 0.6 is 0 Å². The molecule has 0 aromatic carbocycles. The second-order valence-electron chi connectivity index (χ2n) is 5.53. The average molecular weight is 316 g/mol. The van der Waals surface area contributed by atoms with E-state index in [9.17, 15) is 8.42 Å². The van der Waals surface area contributed by atoms with E-state index in [-0.39, 0.29) is 11.9 Å². The van der Waals surface area contributed by atoms with Crippen molar-refractivity contribution in [2.24, 2.45) is 0 Å². The molecular formula is C13H24N4O3S. The standard InChI is InChI=1S/C13H24N4O3S/c1-3-5-12-14-13(16-15-12)11-10-17(7-8-20-11)6-4-9-21(2,18)19/h11H,3-10H2,1-2H3,(H,14,15,16)/t11-/m0/s1. The van der Waals surface area contributed by atoms with Crippen LogP contribution in [-0.4, -0.2) is 66.7 Å². The monoisotopic (exact) mass is 316 g/mol. The van der Waals surface area contributed by atoms with E-state index in [2.05, 4.69) is 27.0 Å². The number of aromatic nitrogens is 3. The van der Waals surface area contributed by atoms with Gasteiger partial charge in [0.2, 0.25) is 0 Å². The minimum atomic E-state index is -2.88. The molecule has 1 aromatic heterocycles. The van der Waals surface area contributed by atoms with Crippen LogP contribution in [0.3, 0.4) is 0 Å². The number of sulfone groups is 1. The van der Waals surface area contributed by atoms with Crippen molar-refractivity contribution in [3.05, 3.63) is 11.6 Å². The van der Waals surface area contributed by atoms with Gasteiger partial charge in [0.15, 0.2) is 5.82 Å². The first-order chi connectivity index (χ1) is 9.98. The van der Waals surface area contributed by atoms with E-state index in [1.165, 1.54) is 6.26 Å². The van der Waals surface area contributed by atoms with Crippen LogP contribution < -0.4 is 0 Å². The first kappa shape index (κ1) is 16.4. The number of aryl methyl sites for hydroxylation is 1. The molecule has 1 atom stereocenters. The van der Waals surface area contributed by atoms with Gasteiger partial charge < -0.3 is 4.74 Å². The van der Waals surface area contributed by atoms with Crippen LogP contribution in [0.15, 0.2) is 0 Å². The summed E-state index contributed by atoms with van der Waals surface area (Å²) in [6, 6.07) is 0. The molecule has 1 fully saturated rings. The maximum atomic E-state index is 11.2. The Morgan fingerprint density at radius 1 is 1.48 bits per heavy atom. The molecule has 1 aromatic rings. The number of nitrogens with zero attached hydrogens (tertiary/aromatic N) is 3. The molecule has 0 spiro atoms. The lowest BCUT2D eigenvalue weighted by molar-refractivity contribution is -0.0340. The van der Waals surface area contributed by atoms with Crippen molar-refractivity contribution in [1.29, 1.82) is 0 Å². The van der Waals surface area contributed by atoms with Gasteiger partial charge in [-0.25, -0.2) is 13.4 Å². The molecule has 0 saturated carbocycles. The fourth-order valence-electron chi connectivity index (χ4n) is 2.41. The lowest BCUT2D eigenvalue weighted by Crippen LogP contribution is -2.39. The Morgan fingerprint density at radius 2 is 2.29 bits per heavy atom. The number of ether oxygens (including phenoxy) is 1. The zero-order chi connectivity index (χ0) is 15.3. The second-order valence-corrected chi connectivity index (χ2v) is 7.79. The molecule has 7 nitrogen and oxygen atoms in total. The van der Waals surface area contributed by atoms with Crippen molar-refractivity contribution in [1.82, 2.24) is 20.1 Å². The molecule has 0 bridgehead atoms. The zero-order valence-electron chi connectivity index (χ0n) is 12.7. The Bertz CT molecular complexity index is 543. The Balaban J connectivity index is 1.85. The fraction of sp³-hybridized carbons (Fsp3) is 0.846. The van der Waals surface area contributed by atoms with E-state index >= 15 is 0 Å². The molecule has 2 heterocycles. The lowest BCUT2D eigenvalue weighted by atomic mass is 10.2. The van der Waals surface area contributed by atoms with Crippen LogP contribution in [-0.2, 0) is 21.0 Å². The third kappa shape index (κ3) is 5.37. The lowest BCUT2D eigenvalue weighted by Gasteiger charge is -2.31. The predicted octanol–water partition coefficient (Wildman–Crippen LogP) is 0.565. The highest BCUT2D eigenvalue weighted by Crippen LogP contribution is 2.19. The van der Waals surface area contributed by atoms with E-state index < -0.39 is 9.84 Å². The summed E-state index contributed by atoms with van der Waals surface area (Å²) in [5.41, 5.74) is 0. The van der Waals surface area contributed by atoms with Crippen LogP contribution in [0.2, 0.25) is 0 Å². The van der Waals surface area contributed by atoms with Crippen molar-refractivity contribution in [2.45, 2.75) is 32.3 Å². The van der Waals surface area contributed by atoms with Gasteiger partial charge in [0, 0.05) is 25.8 Å². The van der Waals surface area contributed by atoms with E-state index in [0.717, 1.165) is 31.8 Å². The maximum Gasteiger partial charge on any atom is 0.180 e. The van der Waals surface area contributed by atoms with Gasteiger partial charge in [-0.2, -0.15) is 5.10 Å². The molecule has 1 saturated heterocycles. The minimum absolute atomic E-state index is 0.126. The number of hydrogen-bond donors (Lipinski definition) is 1. The Morgan fingerprint density at radius 3 is 3.00 bits per heavy atom. The largest absolute Gasteiger partial charge is 0.367 e. The van der Waals surface area contributed by atoms with Crippen molar-refractivity contribution in [2.75, 3.05) is 38.2 Å². The van der Waals surface area contributed by atoms with E-state index in [1.54, 1.807) is 0 Å². The van der Waals surface area contributed by atoms with Gasteiger partial charge in [0.25, 0.3) is 0 Å². The summed E-state index contributed by atoms with van der Waals surface area (Å²) < 4.78 is 28.0. The molecular weight excluding hydrogens is 292 g/mol. The van der Waals surface area contributed by atoms with Gasteiger partial charge in [0.05, 0.1) is 12.4 Å². The first-order valence-corrected chi connectivity index (χ1v) is 9.47. The number of hydrogen-bond acceptors (Lipinski definition) is 6. The molecule has 0 aliphatic carbocycles. The Kier molecular flexibility index (Phi) is 5.72. The highest BCUT2D eigenvalue weighted by atomic mass is 32.2. The number of rotatable bonds is 7. The van der Waals surface area contributed by atoms with Crippen LogP contribution in [0.4, 0.5) is 0 Å².